The molecule has 0 aliphatic rings. The highest BCUT2D eigenvalue weighted by Gasteiger charge is 2.18. The van der Waals surface area contributed by atoms with Gasteiger partial charge in [0.25, 0.3) is 10.0 Å². The van der Waals surface area contributed by atoms with Crippen LogP contribution in [0.5, 0.6) is 0 Å². The molecule has 2 rings (SSSR count). The Morgan fingerprint density at radius 3 is 2.43 bits per heavy atom. The number of nitriles is 1. The Labute approximate surface area is 124 Å². The summed E-state index contributed by atoms with van der Waals surface area (Å²) in [6, 6.07) is 7.58. The fourth-order valence-corrected chi connectivity index (χ4v) is 2.79. The maximum atomic E-state index is 13.5. The van der Waals surface area contributed by atoms with Crippen molar-refractivity contribution in [2.45, 2.75) is 4.90 Å². The highest BCUT2D eigenvalue weighted by atomic mass is 35.5. The molecule has 8 heteroatoms. The summed E-state index contributed by atoms with van der Waals surface area (Å²) in [5.41, 5.74) is -0.769. The minimum Gasteiger partial charge on any atom is -0.277 e. The molecule has 4 nitrogen and oxygen atoms in total. The Hall–Kier alpha value is -2.17. The maximum absolute atomic E-state index is 13.5. The van der Waals surface area contributed by atoms with Crippen molar-refractivity contribution in [3.05, 3.63) is 58.6 Å². The van der Waals surface area contributed by atoms with Crippen molar-refractivity contribution < 1.29 is 17.2 Å². The molecule has 0 saturated heterocycles. The third-order valence-electron chi connectivity index (χ3n) is 2.54. The van der Waals surface area contributed by atoms with Gasteiger partial charge in [0, 0.05) is 5.02 Å². The quantitative estimate of drug-likeness (QED) is 0.939. The molecule has 108 valence electrons. The summed E-state index contributed by atoms with van der Waals surface area (Å²) >= 11 is 5.67. The van der Waals surface area contributed by atoms with E-state index in [4.69, 9.17) is 16.9 Å². The molecule has 0 saturated carbocycles. The van der Waals surface area contributed by atoms with Crippen LogP contribution in [0.15, 0.2) is 41.3 Å². The minimum atomic E-state index is -4.17. The molecule has 0 bridgehead atoms. The molecule has 0 spiro atoms. The Kier molecular flexibility index (Phi) is 4.11. The monoisotopic (exact) mass is 328 g/mol. The van der Waals surface area contributed by atoms with Crippen LogP contribution in [-0.4, -0.2) is 8.42 Å². The Bertz CT molecular complexity index is 848. The van der Waals surface area contributed by atoms with E-state index >= 15 is 0 Å². The van der Waals surface area contributed by atoms with Crippen molar-refractivity contribution in [1.82, 2.24) is 0 Å². The first-order valence-electron chi connectivity index (χ1n) is 5.51. The first kappa shape index (κ1) is 15.2. The fourth-order valence-electron chi connectivity index (χ4n) is 1.54. The number of nitrogens with one attached hydrogen (secondary N) is 1. The van der Waals surface area contributed by atoms with Gasteiger partial charge in [0.15, 0.2) is 0 Å². The summed E-state index contributed by atoms with van der Waals surface area (Å²) in [6.45, 7) is 0. The molecule has 0 fully saturated rings. The Morgan fingerprint density at radius 1 is 1.10 bits per heavy atom. The van der Waals surface area contributed by atoms with Crippen LogP contribution in [0.4, 0.5) is 14.5 Å². The molecule has 0 aliphatic carbocycles. The van der Waals surface area contributed by atoms with Crippen molar-refractivity contribution in [3.8, 4) is 6.07 Å². The second-order valence-electron chi connectivity index (χ2n) is 3.98. The summed E-state index contributed by atoms with van der Waals surface area (Å²) in [5.74, 6) is -1.66. The minimum absolute atomic E-state index is 0.144. The molecule has 2 aromatic rings. The van der Waals surface area contributed by atoms with Crippen LogP contribution >= 0.6 is 11.6 Å². The summed E-state index contributed by atoms with van der Waals surface area (Å²) in [6.07, 6.45) is 0. The van der Waals surface area contributed by atoms with Crippen LogP contribution in [-0.2, 0) is 10.0 Å². The summed E-state index contributed by atoms with van der Waals surface area (Å²) < 4.78 is 52.9. The largest absolute Gasteiger partial charge is 0.277 e. The molecule has 0 atom stereocenters. The van der Waals surface area contributed by atoms with Gasteiger partial charge >= 0.3 is 0 Å². The van der Waals surface area contributed by atoms with Crippen molar-refractivity contribution in [2.24, 2.45) is 0 Å². The SMILES string of the molecule is N#Cc1cc(S(=O)(=O)Nc2cc(Cl)ccc2F)ccc1F. The van der Waals surface area contributed by atoms with E-state index in [1.165, 1.54) is 12.1 Å². The standard InChI is InChI=1S/C13H7ClF2N2O2S/c14-9-1-3-12(16)13(6-9)18-21(19,20)10-2-4-11(15)8(5-10)7-17/h1-6,18H. The zero-order valence-electron chi connectivity index (χ0n) is 10.3. The number of sulfonamides is 1. The molecular weight excluding hydrogens is 322 g/mol. The number of benzene rings is 2. The number of hydrogen-bond donors (Lipinski definition) is 1. The molecule has 0 unspecified atom stereocenters. The second kappa shape index (κ2) is 5.68. The van der Waals surface area contributed by atoms with E-state index in [-0.39, 0.29) is 15.6 Å². The normalized spacial score (nSPS) is 11.0. The summed E-state index contributed by atoms with van der Waals surface area (Å²) in [7, 11) is -4.17. The molecule has 0 radical (unpaired) electrons. The van der Waals surface area contributed by atoms with Crippen LogP contribution in [0.1, 0.15) is 5.56 Å². The van der Waals surface area contributed by atoms with Gasteiger partial charge in [-0.3, -0.25) is 4.72 Å². The average Bonchev–Trinajstić information content (AvgIpc) is 2.43. The fraction of sp³-hybridized carbons (Fsp3) is 0. The van der Waals surface area contributed by atoms with Crippen LogP contribution in [0.2, 0.25) is 5.02 Å². The molecule has 2 aromatic carbocycles. The van der Waals surface area contributed by atoms with Gasteiger partial charge in [-0.2, -0.15) is 5.26 Å². The van der Waals surface area contributed by atoms with Gasteiger partial charge in [0.05, 0.1) is 16.1 Å². The van der Waals surface area contributed by atoms with Gasteiger partial charge in [-0.05, 0) is 36.4 Å². The average molecular weight is 329 g/mol. The third kappa shape index (κ3) is 3.29. The molecule has 0 aromatic heterocycles. The van der Waals surface area contributed by atoms with Gasteiger partial charge < -0.3 is 0 Å². The highest BCUT2D eigenvalue weighted by Crippen LogP contribution is 2.23. The van der Waals surface area contributed by atoms with Crippen LogP contribution < -0.4 is 4.72 Å². The molecule has 21 heavy (non-hydrogen) atoms. The summed E-state index contributed by atoms with van der Waals surface area (Å²) in [4.78, 5) is -0.361. The lowest BCUT2D eigenvalue weighted by Crippen LogP contribution is -2.14. The zero-order valence-corrected chi connectivity index (χ0v) is 11.8. The predicted molar refractivity (Wildman–Crippen MR) is 73.3 cm³/mol. The Balaban J connectivity index is 2.44. The van der Waals surface area contributed by atoms with Crippen molar-refractivity contribution in [3.63, 3.8) is 0 Å². The van der Waals surface area contributed by atoms with Crippen molar-refractivity contribution >= 4 is 27.3 Å². The van der Waals surface area contributed by atoms with E-state index in [1.807, 2.05) is 4.72 Å². The number of halogens is 3. The predicted octanol–water partition coefficient (Wildman–Crippen LogP) is 3.29. The zero-order chi connectivity index (χ0) is 15.6. The van der Waals surface area contributed by atoms with E-state index < -0.39 is 27.2 Å². The lowest BCUT2D eigenvalue weighted by molar-refractivity contribution is 0.597. The first-order valence-corrected chi connectivity index (χ1v) is 7.37. The lowest BCUT2D eigenvalue weighted by Gasteiger charge is -2.09. The molecular formula is C13H7ClF2N2O2S. The van der Waals surface area contributed by atoms with E-state index in [0.717, 1.165) is 30.3 Å². The number of rotatable bonds is 3. The second-order valence-corrected chi connectivity index (χ2v) is 6.10. The first-order chi connectivity index (χ1) is 9.83. The van der Waals surface area contributed by atoms with E-state index in [9.17, 15) is 17.2 Å². The van der Waals surface area contributed by atoms with Gasteiger partial charge in [0.2, 0.25) is 0 Å². The summed E-state index contributed by atoms with van der Waals surface area (Å²) in [5, 5.41) is 8.84. The van der Waals surface area contributed by atoms with E-state index in [0.29, 0.717) is 0 Å². The lowest BCUT2D eigenvalue weighted by atomic mass is 10.2. The van der Waals surface area contributed by atoms with Crippen LogP contribution in [0, 0.1) is 23.0 Å². The molecule has 0 heterocycles. The highest BCUT2D eigenvalue weighted by molar-refractivity contribution is 7.92. The Morgan fingerprint density at radius 2 is 1.76 bits per heavy atom. The molecule has 0 amide bonds. The van der Waals surface area contributed by atoms with E-state index in [1.54, 1.807) is 0 Å². The smallest absolute Gasteiger partial charge is 0.262 e. The maximum Gasteiger partial charge on any atom is 0.262 e. The van der Waals surface area contributed by atoms with Crippen molar-refractivity contribution in [1.29, 1.82) is 5.26 Å². The van der Waals surface area contributed by atoms with Crippen LogP contribution in [0.3, 0.4) is 0 Å². The number of anilines is 1. The molecule has 1 N–H and O–H groups in total. The van der Waals surface area contributed by atoms with Gasteiger partial charge in [-0.25, -0.2) is 17.2 Å². The van der Waals surface area contributed by atoms with Crippen molar-refractivity contribution in [2.75, 3.05) is 4.72 Å². The number of nitrogens with zero attached hydrogens (tertiary/aromatic N) is 1. The topological polar surface area (TPSA) is 70.0 Å². The number of hydrogen-bond acceptors (Lipinski definition) is 3. The third-order valence-corrected chi connectivity index (χ3v) is 4.14. The van der Waals surface area contributed by atoms with Crippen LogP contribution in [0.25, 0.3) is 0 Å². The van der Waals surface area contributed by atoms with E-state index in [2.05, 4.69) is 0 Å². The molecule has 0 aliphatic heterocycles. The van der Waals surface area contributed by atoms with Gasteiger partial charge in [-0.1, -0.05) is 11.6 Å². The van der Waals surface area contributed by atoms with Gasteiger partial charge in [0.1, 0.15) is 17.7 Å². The van der Waals surface area contributed by atoms with Gasteiger partial charge in [-0.15, -0.1) is 0 Å².